The molecule has 1 amide bonds. The number of amides is 1. The van der Waals surface area contributed by atoms with E-state index in [4.69, 9.17) is 9.51 Å². The summed E-state index contributed by atoms with van der Waals surface area (Å²) in [5.74, 6) is -1.50. The van der Waals surface area contributed by atoms with E-state index in [0.717, 1.165) is 29.0 Å². The van der Waals surface area contributed by atoms with E-state index in [-0.39, 0.29) is 18.2 Å². The van der Waals surface area contributed by atoms with Crippen molar-refractivity contribution in [1.29, 1.82) is 0 Å². The van der Waals surface area contributed by atoms with E-state index in [1.165, 1.54) is 22.3 Å². The molecule has 1 aromatic carbocycles. The van der Waals surface area contributed by atoms with Crippen molar-refractivity contribution in [2.45, 2.75) is 45.8 Å². The fraction of sp³-hybridized carbons (Fsp3) is 0.259. The monoisotopic (exact) mass is 535 g/mol. The van der Waals surface area contributed by atoms with E-state index in [9.17, 15) is 18.7 Å². The van der Waals surface area contributed by atoms with Crippen LogP contribution in [0.4, 0.5) is 14.5 Å². The van der Waals surface area contributed by atoms with Crippen molar-refractivity contribution in [3.8, 4) is 21.8 Å². The van der Waals surface area contributed by atoms with E-state index >= 15 is 0 Å². The maximum Gasteiger partial charge on any atom is 0.227 e. The zero-order chi connectivity index (χ0) is 26.6. The molecule has 0 aliphatic carbocycles. The van der Waals surface area contributed by atoms with Gasteiger partial charge in [0.15, 0.2) is 11.6 Å². The van der Waals surface area contributed by atoms with Crippen molar-refractivity contribution in [3.63, 3.8) is 0 Å². The maximum absolute atomic E-state index is 14.2. The molecule has 1 aliphatic rings. The lowest BCUT2D eigenvalue weighted by atomic mass is 9.96. The van der Waals surface area contributed by atoms with Crippen molar-refractivity contribution in [2.24, 2.45) is 0 Å². The van der Waals surface area contributed by atoms with E-state index in [2.05, 4.69) is 10.1 Å². The quantitative estimate of drug-likeness (QED) is 0.308. The minimum Gasteiger partial charge on any atom is -0.390 e. The molecule has 38 heavy (non-hydrogen) atoms. The molecule has 0 saturated carbocycles. The highest BCUT2D eigenvalue weighted by atomic mass is 32.1. The van der Waals surface area contributed by atoms with Gasteiger partial charge in [-0.25, -0.2) is 18.7 Å². The van der Waals surface area contributed by atoms with Gasteiger partial charge in [0.05, 0.1) is 29.7 Å². The van der Waals surface area contributed by atoms with Crippen LogP contribution >= 0.6 is 11.3 Å². The highest BCUT2D eigenvalue weighted by Crippen LogP contribution is 2.41. The van der Waals surface area contributed by atoms with Gasteiger partial charge in [-0.1, -0.05) is 5.16 Å². The SMILES string of the molecule is Cc1noc(C)c1-c1ccn2c(-c3nc(CO)cs3)c([C@@H]3CCCC(=O)N3c3ccc(F)c(F)c3)nc2c1. The average Bonchev–Trinajstić information content (AvgIpc) is 3.61. The van der Waals surface area contributed by atoms with Crippen molar-refractivity contribution in [1.82, 2.24) is 19.5 Å². The largest absolute Gasteiger partial charge is 0.390 e. The van der Waals surface area contributed by atoms with Gasteiger partial charge in [-0.2, -0.15) is 0 Å². The molecule has 194 valence electrons. The van der Waals surface area contributed by atoms with E-state index in [1.54, 1.807) is 5.38 Å². The third kappa shape index (κ3) is 3.98. The van der Waals surface area contributed by atoms with Crippen LogP contribution in [0.1, 0.15) is 48.1 Å². The van der Waals surface area contributed by atoms with Crippen LogP contribution in [0.3, 0.4) is 0 Å². The second-order valence-electron chi connectivity index (χ2n) is 9.26. The fourth-order valence-electron chi connectivity index (χ4n) is 5.13. The molecule has 1 saturated heterocycles. The number of anilines is 1. The Morgan fingerprint density at radius 2 is 2.00 bits per heavy atom. The number of piperidine rings is 1. The number of imidazole rings is 1. The van der Waals surface area contributed by atoms with Gasteiger partial charge in [-0.15, -0.1) is 11.3 Å². The van der Waals surface area contributed by atoms with Crippen LogP contribution in [0.5, 0.6) is 0 Å². The topological polar surface area (TPSA) is 96.8 Å². The minimum atomic E-state index is -1.02. The molecule has 0 spiro atoms. The molecule has 5 heterocycles. The van der Waals surface area contributed by atoms with Gasteiger partial charge in [0.2, 0.25) is 5.91 Å². The standard InChI is InChI=1S/C27H23F2N5O3S/c1-14-24(15(2)37-32-14)16-8-9-33-22(10-16)31-25(26(33)27-30-17(12-35)13-38-27)21-4-3-5-23(36)34(21)18-6-7-19(28)20(29)11-18/h6-11,13,21,35H,3-5,12H2,1-2H3/t21-/m0/s1. The van der Waals surface area contributed by atoms with Crippen molar-refractivity contribution >= 4 is 28.6 Å². The molecule has 0 unspecified atom stereocenters. The number of carbonyl (C=O) groups is 1. The summed E-state index contributed by atoms with van der Waals surface area (Å²) in [5, 5.41) is 16.1. The molecule has 1 atom stereocenters. The molecule has 1 fully saturated rings. The van der Waals surface area contributed by atoms with Crippen molar-refractivity contribution in [3.05, 3.63) is 76.4 Å². The predicted molar refractivity (Wildman–Crippen MR) is 138 cm³/mol. The summed E-state index contributed by atoms with van der Waals surface area (Å²) in [7, 11) is 0. The van der Waals surface area contributed by atoms with Gasteiger partial charge in [0.25, 0.3) is 0 Å². The van der Waals surface area contributed by atoms with Crippen LogP contribution in [-0.4, -0.2) is 30.5 Å². The number of aliphatic hydroxyl groups excluding tert-OH is 1. The number of rotatable bonds is 5. The highest BCUT2D eigenvalue weighted by molar-refractivity contribution is 7.13. The smallest absolute Gasteiger partial charge is 0.227 e. The molecule has 6 rings (SSSR count). The molecule has 5 aromatic rings. The molecule has 11 heteroatoms. The Kier molecular flexibility index (Phi) is 6.04. The molecule has 1 N–H and O–H groups in total. The van der Waals surface area contributed by atoms with Crippen molar-refractivity contribution < 1.29 is 23.2 Å². The van der Waals surface area contributed by atoms with E-state index < -0.39 is 17.7 Å². The lowest BCUT2D eigenvalue weighted by Crippen LogP contribution is -2.38. The summed E-state index contributed by atoms with van der Waals surface area (Å²) in [5.41, 5.74) is 5.21. The summed E-state index contributed by atoms with van der Waals surface area (Å²) >= 11 is 1.36. The summed E-state index contributed by atoms with van der Waals surface area (Å²) < 4.78 is 35.2. The molecular formula is C27H23F2N5O3S. The Labute approximate surface area is 220 Å². The first-order valence-electron chi connectivity index (χ1n) is 12.1. The number of benzene rings is 1. The third-order valence-electron chi connectivity index (χ3n) is 6.84. The van der Waals surface area contributed by atoms with Gasteiger partial charge < -0.3 is 14.5 Å². The third-order valence-corrected chi connectivity index (χ3v) is 7.73. The first-order chi connectivity index (χ1) is 18.4. The number of hydrogen-bond donors (Lipinski definition) is 1. The lowest BCUT2D eigenvalue weighted by Gasteiger charge is -2.35. The minimum absolute atomic E-state index is 0.193. The van der Waals surface area contributed by atoms with Crippen LogP contribution in [0.15, 0.2) is 46.4 Å². The number of hydrogen-bond acceptors (Lipinski definition) is 7. The van der Waals surface area contributed by atoms with Crippen LogP contribution in [-0.2, 0) is 11.4 Å². The van der Waals surface area contributed by atoms with Gasteiger partial charge in [0.1, 0.15) is 22.1 Å². The molecule has 8 nitrogen and oxygen atoms in total. The number of fused-ring (bicyclic) bond motifs is 1. The summed E-state index contributed by atoms with van der Waals surface area (Å²) in [4.78, 5) is 24.3. The molecule has 0 bridgehead atoms. The first-order valence-corrected chi connectivity index (χ1v) is 13.0. The zero-order valence-corrected chi connectivity index (χ0v) is 21.4. The van der Waals surface area contributed by atoms with E-state index in [1.807, 2.05) is 36.6 Å². The molecule has 0 radical (unpaired) electrons. The van der Waals surface area contributed by atoms with E-state index in [0.29, 0.717) is 52.8 Å². The number of thiazole rings is 1. The summed E-state index contributed by atoms with van der Waals surface area (Å²) in [6.07, 6.45) is 3.38. The number of nitrogens with zero attached hydrogens (tertiary/aromatic N) is 5. The Hall–Kier alpha value is -3.96. The van der Waals surface area contributed by atoms with Gasteiger partial charge in [0, 0.05) is 35.3 Å². The second kappa shape index (κ2) is 9.41. The Morgan fingerprint density at radius 1 is 1.16 bits per heavy atom. The zero-order valence-electron chi connectivity index (χ0n) is 20.6. The Morgan fingerprint density at radius 3 is 2.71 bits per heavy atom. The number of aryl methyl sites for hydroxylation is 2. The van der Waals surface area contributed by atoms with Gasteiger partial charge >= 0.3 is 0 Å². The van der Waals surface area contributed by atoms with Crippen molar-refractivity contribution in [2.75, 3.05) is 4.90 Å². The highest BCUT2D eigenvalue weighted by Gasteiger charge is 2.36. The summed E-state index contributed by atoms with van der Waals surface area (Å²) in [6, 6.07) is 6.82. The number of halogens is 2. The maximum atomic E-state index is 14.2. The number of aliphatic hydroxyl groups is 1. The van der Waals surface area contributed by atoms with Gasteiger partial charge in [-0.3, -0.25) is 9.20 Å². The molecule has 1 aliphatic heterocycles. The number of aromatic nitrogens is 4. The van der Waals surface area contributed by atoms with Crippen LogP contribution in [0.25, 0.3) is 27.5 Å². The summed E-state index contributed by atoms with van der Waals surface area (Å²) in [6.45, 7) is 3.51. The van der Waals surface area contributed by atoms with Crippen LogP contribution in [0.2, 0.25) is 0 Å². The Bertz CT molecular complexity index is 1670. The second-order valence-corrected chi connectivity index (χ2v) is 10.1. The van der Waals surface area contributed by atoms with Crippen LogP contribution < -0.4 is 4.90 Å². The average molecular weight is 536 g/mol. The fourth-order valence-corrected chi connectivity index (χ4v) is 5.99. The normalized spacial score (nSPS) is 16.1. The molecule has 4 aromatic heterocycles. The number of pyridine rings is 1. The van der Waals surface area contributed by atoms with Crippen LogP contribution in [0, 0.1) is 25.5 Å². The number of carbonyl (C=O) groups excluding carboxylic acids is 1. The van der Waals surface area contributed by atoms with Gasteiger partial charge in [-0.05, 0) is 56.5 Å². The Balaban J connectivity index is 1.56. The lowest BCUT2D eigenvalue weighted by molar-refractivity contribution is -0.120. The predicted octanol–water partition coefficient (Wildman–Crippen LogP) is 5.76. The first kappa shape index (κ1) is 24.4. The molecular weight excluding hydrogens is 512 g/mol.